The SMILES string of the molecule is C/C=C/C[C@@H](C)[C@@H](O)[C@H]1C(=O)N[C@@H](CC)C(=O)N(C)[C@H](COCC(=O)[O-])C(=O)N(C)[C@@H](CC(C)C)C(=O)N[C@@H](C(C)C)C(=O)N(C)[C@@H](CC(C)C)C(=O)N[C@@H](C)C(=O)N[C@H](C)C(=O)N(C)[C@@H](CC(C)C)C(=O)N(C)[C@@H](CC(C)C)C(=O)N(C)[C@@H](C(C)C)C(=O)N1C.[Na+]. The first-order valence-electron chi connectivity index (χ1n) is 32.2. The molecule has 0 unspecified atom stereocenters. The number of rotatable bonds is 19. The van der Waals surface area contributed by atoms with Crippen LogP contribution in [0.1, 0.15) is 156 Å². The van der Waals surface area contributed by atoms with Gasteiger partial charge in [-0.1, -0.05) is 109 Å². The third kappa shape index (κ3) is 24.6. The van der Waals surface area contributed by atoms with Gasteiger partial charge in [-0.25, -0.2) is 0 Å². The van der Waals surface area contributed by atoms with E-state index >= 15 is 19.2 Å². The Hall–Kier alpha value is -5.70. The fourth-order valence-corrected chi connectivity index (χ4v) is 11.2. The number of hydrogen-bond acceptors (Lipinski definition) is 15. The number of nitrogens with one attached hydrogen (secondary N) is 4. The number of hydrogen-bond donors (Lipinski definition) is 5. The zero-order valence-corrected chi connectivity index (χ0v) is 62.1. The van der Waals surface area contributed by atoms with Crippen molar-refractivity contribution < 1.29 is 102 Å². The van der Waals surface area contributed by atoms with E-state index in [9.17, 15) is 48.6 Å². The summed E-state index contributed by atoms with van der Waals surface area (Å²) in [6.07, 6.45) is 2.40. The van der Waals surface area contributed by atoms with Crippen LogP contribution in [0.3, 0.4) is 0 Å². The number of carboxylic acids is 1. The third-order valence-electron chi connectivity index (χ3n) is 16.9. The summed E-state index contributed by atoms with van der Waals surface area (Å²) in [4.78, 5) is 182. The van der Waals surface area contributed by atoms with Crippen molar-refractivity contribution in [3.05, 3.63) is 12.2 Å². The number of carboxylic acid groups (broad SMARTS) is 1. The van der Waals surface area contributed by atoms with Crippen molar-refractivity contribution in [2.75, 3.05) is 62.5 Å². The van der Waals surface area contributed by atoms with Crippen LogP contribution in [0.15, 0.2) is 12.2 Å². The smallest absolute Gasteiger partial charge is 0.548 e. The average molecular weight is 1310 g/mol. The van der Waals surface area contributed by atoms with Crippen LogP contribution in [-0.2, 0) is 62.3 Å². The number of amides is 11. The van der Waals surface area contributed by atoms with Crippen LogP contribution in [0.2, 0.25) is 0 Å². The minimum Gasteiger partial charge on any atom is -0.548 e. The summed E-state index contributed by atoms with van der Waals surface area (Å²) in [5, 5.41) is 34.7. The number of aliphatic hydroxyl groups is 1. The van der Waals surface area contributed by atoms with E-state index in [1.165, 1.54) is 82.8 Å². The first kappa shape index (κ1) is 86.3. The van der Waals surface area contributed by atoms with Gasteiger partial charge in [0.2, 0.25) is 65.0 Å². The van der Waals surface area contributed by atoms with Crippen LogP contribution in [-0.4, -0.2) is 245 Å². The maximum absolute atomic E-state index is 15.3. The largest absolute Gasteiger partial charge is 1.00 e. The van der Waals surface area contributed by atoms with E-state index in [0.29, 0.717) is 0 Å². The van der Waals surface area contributed by atoms with Gasteiger partial charge in [-0.3, -0.25) is 52.7 Å². The molecule has 27 heteroatoms. The van der Waals surface area contributed by atoms with E-state index in [-0.39, 0.29) is 91.8 Å². The molecule has 92 heavy (non-hydrogen) atoms. The molecule has 0 radical (unpaired) electrons. The van der Waals surface area contributed by atoms with Crippen molar-refractivity contribution in [1.82, 2.24) is 55.6 Å². The van der Waals surface area contributed by atoms with Crippen molar-refractivity contribution in [3.8, 4) is 0 Å². The molecule has 0 aromatic heterocycles. The van der Waals surface area contributed by atoms with Crippen molar-refractivity contribution in [2.24, 2.45) is 41.4 Å². The second-order valence-corrected chi connectivity index (χ2v) is 27.2. The van der Waals surface area contributed by atoms with Crippen molar-refractivity contribution in [2.45, 2.75) is 229 Å². The number of carbonyl (C=O) groups is 12. The predicted octanol–water partition coefficient (Wildman–Crippen LogP) is -1.59. The van der Waals surface area contributed by atoms with Gasteiger partial charge in [0.1, 0.15) is 66.5 Å². The van der Waals surface area contributed by atoms with E-state index in [4.69, 9.17) is 4.74 Å². The quantitative estimate of drug-likeness (QED) is 0.0719. The predicted molar refractivity (Wildman–Crippen MR) is 343 cm³/mol. The first-order chi connectivity index (χ1) is 42.0. The van der Waals surface area contributed by atoms with E-state index < -0.39 is 174 Å². The van der Waals surface area contributed by atoms with Crippen molar-refractivity contribution >= 4 is 70.9 Å². The Bertz CT molecular complexity index is 2530. The fraction of sp³-hybridized carbons (Fsp3) is 0.785. The standard InChI is InChI=1S/C65H115N11O15.Na/c1-25-27-28-41(15)54(79)53-58(83)68-44(26-2)60(85)74(22)49(33-91-34-50(77)78)63(88)70(18)46(30-36(5)6)57(82)69-51(39(11)12)64(89)71(19)45(29-35(3)4)56(81)66-42(16)55(80)67-43(17)59(84)72(20)47(31-37(7)8)61(86)73(21)48(32-38(9)10)62(87)75(23)52(40(13)14)65(90)76(53)24;/h25,27,35-49,51-54,79H,26,28-34H2,1-24H3,(H,66,81)(H,67,80)(H,68,83)(H,69,82)(H,77,78);/q;+1/p-1/b27-25+;/t41-,42+,43-,44+,45+,46+,47+,48+,49-,51+,52+,53+,54-;/m1./s1. The summed E-state index contributed by atoms with van der Waals surface area (Å²) in [6.45, 7) is 27.5. The van der Waals surface area contributed by atoms with Crippen LogP contribution in [0, 0.1) is 41.4 Å². The Labute approximate surface area is 570 Å². The molecule has 26 nitrogen and oxygen atoms in total. The Kier molecular flexibility index (Phi) is 37.4. The van der Waals surface area contributed by atoms with Crippen LogP contribution in [0.25, 0.3) is 0 Å². The minimum atomic E-state index is -1.72. The normalized spacial score (nSPS) is 26.4. The molecule has 0 aromatic carbocycles. The van der Waals surface area contributed by atoms with Crippen LogP contribution in [0.5, 0.6) is 0 Å². The number of aliphatic carboxylic acids is 1. The molecule has 1 heterocycles. The van der Waals surface area contributed by atoms with Gasteiger partial charge >= 0.3 is 29.6 Å². The Morgan fingerprint density at radius 3 is 1.32 bits per heavy atom. The minimum absolute atomic E-state index is 0. The molecular weight excluding hydrogens is 1200 g/mol. The third-order valence-corrected chi connectivity index (χ3v) is 16.9. The summed E-state index contributed by atoms with van der Waals surface area (Å²) in [6, 6.07) is -14.9. The van der Waals surface area contributed by atoms with Gasteiger partial charge in [-0.15, -0.1) is 0 Å². The summed E-state index contributed by atoms with van der Waals surface area (Å²) in [7, 11) is 9.48. The van der Waals surface area contributed by atoms with Gasteiger partial charge in [-0.2, -0.15) is 0 Å². The molecule has 0 saturated carbocycles. The van der Waals surface area contributed by atoms with E-state index in [1.54, 1.807) is 74.5 Å². The molecule has 0 aliphatic carbocycles. The number of nitrogens with zero attached hydrogens (tertiary/aromatic N) is 7. The molecule has 1 fully saturated rings. The van der Waals surface area contributed by atoms with Crippen LogP contribution >= 0.6 is 0 Å². The second-order valence-electron chi connectivity index (χ2n) is 27.2. The average Bonchev–Trinajstić information content (AvgIpc) is 0.831. The maximum Gasteiger partial charge on any atom is 1.00 e. The molecule has 1 aliphatic heterocycles. The van der Waals surface area contributed by atoms with Gasteiger partial charge in [0.25, 0.3) is 0 Å². The van der Waals surface area contributed by atoms with Gasteiger partial charge in [-0.05, 0) is 101 Å². The number of likely N-dealkylation sites (N-methyl/N-ethyl adjacent to an activating group) is 7. The molecule has 11 amide bonds. The number of aliphatic hydroxyl groups excluding tert-OH is 1. The van der Waals surface area contributed by atoms with Crippen molar-refractivity contribution in [3.63, 3.8) is 0 Å². The van der Waals surface area contributed by atoms with E-state index in [1.807, 2.05) is 41.5 Å². The van der Waals surface area contributed by atoms with Gasteiger partial charge < -0.3 is 75.3 Å². The topological polar surface area (TPSA) is 328 Å². The van der Waals surface area contributed by atoms with Crippen LogP contribution < -0.4 is 55.9 Å². The van der Waals surface area contributed by atoms with E-state index in [2.05, 4.69) is 21.3 Å². The summed E-state index contributed by atoms with van der Waals surface area (Å²) in [5.74, 6) is -12.9. The monoisotopic (exact) mass is 1310 g/mol. The zero-order valence-electron chi connectivity index (χ0n) is 60.1. The molecule has 5 N–H and O–H groups in total. The number of allylic oxidation sites excluding steroid dienone is 2. The summed E-state index contributed by atoms with van der Waals surface area (Å²) < 4.78 is 5.41. The molecule has 1 saturated heterocycles. The Balaban J connectivity index is 0.0000828. The maximum atomic E-state index is 15.3. The molecular formula is C65H114N11NaO15. The van der Waals surface area contributed by atoms with E-state index in [0.717, 1.165) is 14.7 Å². The van der Waals surface area contributed by atoms with Crippen LogP contribution in [0.4, 0.5) is 0 Å². The fourth-order valence-electron chi connectivity index (χ4n) is 11.2. The first-order valence-corrected chi connectivity index (χ1v) is 32.2. The molecule has 0 bridgehead atoms. The zero-order chi connectivity index (χ0) is 70.5. The van der Waals surface area contributed by atoms with Gasteiger partial charge in [0, 0.05) is 49.3 Å². The second kappa shape index (κ2) is 39.9. The van der Waals surface area contributed by atoms with Crippen molar-refractivity contribution in [1.29, 1.82) is 0 Å². The summed E-state index contributed by atoms with van der Waals surface area (Å²) in [5.41, 5.74) is 0. The van der Waals surface area contributed by atoms with Gasteiger partial charge in [0.05, 0.1) is 25.3 Å². The molecule has 1 rings (SSSR count). The molecule has 13 atom stereocenters. The Morgan fingerprint density at radius 2 is 0.880 bits per heavy atom. The molecule has 0 spiro atoms. The number of ether oxygens (including phenoxy) is 1. The summed E-state index contributed by atoms with van der Waals surface area (Å²) >= 11 is 0. The molecule has 0 aromatic rings. The van der Waals surface area contributed by atoms with Gasteiger partial charge in [0.15, 0.2) is 0 Å². The Morgan fingerprint density at radius 1 is 0.489 bits per heavy atom. The molecule has 1 aliphatic rings. The number of carbonyl (C=O) groups excluding carboxylic acids is 12. The molecule has 520 valence electrons.